The molecule has 0 bridgehead atoms. The van der Waals surface area contributed by atoms with Gasteiger partial charge in [-0.2, -0.15) is 13.2 Å². The summed E-state index contributed by atoms with van der Waals surface area (Å²) < 4.78 is 60.4. The molecule has 0 saturated heterocycles. The molecule has 1 aromatic rings. The molecule has 9 heteroatoms. The van der Waals surface area contributed by atoms with Crippen LogP contribution in [0.25, 0.3) is 6.08 Å². The van der Waals surface area contributed by atoms with Gasteiger partial charge in [-0.1, -0.05) is 41.4 Å². The van der Waals surface area contributed by atoms with Crippen molar-refractivity contribution in [3.63, 3.8) is 0 Å². The summed E-state index contributed by atoms with van der Waals surface area (Å²) in [5.74, 6) is 0. The fourth-order valence-corrected chi connectivity index (χ4v) is 3.01. The molecule has 0 heterocycles. The van der Waals surface area contributed by atoms with Gasteiger partial charge in [0.25, 0.3) is 0 Å². The summed E-state index contributed by atoms with van der Waals surface area (Å²) in [5, 5.41) is 7.08. The molecule has 0 fully saturated rings. The van der Waals surface area contributed by atoms with Gasteiger partial charge in [0.15, 0.2) is 15.1 Å². The summed E-state index contributed by atoms with van der Waals surface area (Å²) in [6.07, 6.45) is -5.00. The van der Waals surface area contributed by atoms with E-state index in [1.165, 1.54) is 18.2 Å². The molecule has 0 aliphatic heterocycles. The lowest BCUT2D eigenvalue weighted by Gasteiger charge is -2.21. The smallest absolute Gasteiger partial charge is 0.387 e. The van der Waals surface area contributed by atoms with Crippen LogP contribution in [0.15, 0.2) is 24.3 Å². The van der Waals surface area contributed by atoms with E-state index in [2.05, 4.69) is 0 Å². The standard InChI is InChI=1S/C12H11Cl2F3O3S/c1-21(19,20)11(12(15,16)17)10(18)5-3-7-2-4-8(13)9(14)6-7/h2-6,10-11,18H,1H3/b5-3+. The minimum Gasteiger partial charge on any atom is -0.387 e. The van der Waals surface area contributed by atoms with Gasteiger partial charge in [0, 0.05) is 6.26 Å². The third-order valence-electron chi connectivity index (χ3n) is 2.52. The number of hydrogen-bond acceptors (Lipinski definition) is 3. The minimum absolute atomic E-state index is 0.184. The molecule has 0 amide bonds. The minimum atomic E-state index is -5.07. The van der Waals surface area contributed by atoms with E-state index in [-0.39, 0.29) is 10.0 Å². The highest BCUT2D eigenvalue weighted by molar-refractivity contribution is 7.91. The SMILES string of the molecule is CS(=O)(=O)C(C(O)/C=C/c1ccc(Cl)c(Cl)c1)C(F)(F)F. The Labute approximate surface area is 129 Å². The molecule has 0 aliphatic rings. The van der Waals surface area contributed by atoms with Gasteiger partial charge < -0.3 is 5.11 Å². The van der Waals surface area contributed by atoms with E-state index < -0.39 is 27.4 Å². The summed E-state index contributed by atoms with van der Waals surface area (Å²) in [5.41, 5.74) is 0.373. The van der Waals surface area contributed by atoms with Gasteiger partial charge in [-0.15, -0.1) is 0 Å². The average molecular weight is 363 g/mol. The lowest BCUT2D eigenvalue weighted by molar-refractivity contribution is -0.143. The molecule has 1 rings (SSSR count). The van der Waals surface area contributed by atoms with Gasteiger partial charge in [0.2, 0.25) is 0 Å². The average Bonchev–Trinajstić information content (AvgIpc) is 2.27. The van der Waals surface area contributed by atoms with Crippen LogP contribution in [-0.4, -0.2) is 37.3 Å². The number of sulfone groups is 1. The Morgan fingerprint density at radius 1 is 1.24 bits per heavy atom. The number of alkyl halides is 3. The van der Waals surface area contributed by atoms with Crippen LogP contribution in [-0.2, 0) is 9.84 Å². The van der Waals surface area contributed by atoms with E-state index in [0.29, 0.717) is 11.8 Å². The maximum Gasteiger partial charge on any atom is 0.408 e. The number of aliphatic hydroxyl groups excluding tert-OH is 1. The summed E-state index contributed by atoms with van der Waals surface area (Å²) in [7, 11) is -4.51. The van der Waals surface area contributed by atoms with E-state index in [1.807, 2.05) is 0 Å². The fourth-order valence-electron chi connectivity index (χ4n) is 1.62. The predicted molar refractivity (Wildman–Crippen MR) is 76.2 cm³/mol. The Morgan fingerprint density at radius 2 is 1.81 bits per heavy atom. The number of aliphatic hydroxyl groups is 1. The molecule has 0 spiro atoms. The van der Waals surface area contributed by atoms with Crippen molar-refractivity contribution >= 4 is 39.1 Å². The normalized spacial score (nSPS) is 16.1. The third kappa shape index (κ3) is 5.18. The summed E-state index contributed by atoms with van der Waals surface area (Å²) in [6, 6.07) is 4.25. The van der Waals surface area contributed by atoms with Crippen LogP contribution in [0, 0.1) is 0 Å². The molecule has 1 N–H and O–H groups in total. The van der Waals surface area contributed by atoms with Gasteiger partial charge in [0.1, 0.15) is 0 Å². The van der Waals surface area contributed by atoms with Crippen LogP contribution >= 0.6 is 23.2 Å². The number of rotatable bonds is 4. The predicted octanol–water partition coefficient (Wildman–Crippen LogP) is 3.34. The largest absolute Gasteiger partial charge is 0.408 e. The van der Waals surface area contributed by atoms with Crippen LogP contribution in [0.2, 0.25) is 10.0 Å². The second kappa shape index (κ2) is 6.56. The van der Waals surface area contributed by atoms with Crippen LogP contribution in [0.3, 0.4) is 0 Å². The molecular formula is C12H11Cl2F3O3S. The molecule has 0 saturated carbocycles. The van der Waals surface area contributed by atoms with Gasteiger partial charge in [0.05, 0.1) is 16.1 Å². The maximum absolute atomic E-state index is 12.7. The zero-order valence-corrected chi connectivity index (χ0v) is 12.9. The highest BCUT2D eigenvalue weighted by atomic mass is 35.5. The maximum atomic E-state index is 12.7. The lowest BCUT2D eigenvalue weighted by atomic mass is 10.1. The fraction of sp³-hybridized carbons (Fsp3) is 0.333. The monoisotopic (exact) mass is 362 g/mol. The molecule has 118 valence electrons. The first-order chi connectivity index (χ1) is 9.43. The topological polar surface area (TPSA) is 54.4 Å². The number of hydrogen-bond donors (Lipinski definition) is 1. The molecule has 2 unspecified atom stereocenters. The first-order valence-electron chi connectivity index (χ1n) is 5.50. The molecule has 0 aliphatic carbocycles. The van der Waals surface area contributed by atoms with Crippen molar-refractivity contribution in [3.05, 3.63) is 39.9 Å². The van der Waals surface area contributed by atoms with Crippen molar-refractivity contribution in [3.8, 4) is 0 Å². The lowest BCUT2D eigenvalue weighted by Crippen LogP contribution is -2.44. The Kier molecular flexibility index (Phi) is 5.71. The molecule has 2 atom stereocenters. The Balaban J connectivity index is 3.04. The Hall–Kier alpha value is -0.760. The Morgan fingerprint density at radius 3 is 2.24 bits per heavy atom. The van der Waals surface area contributed by atoms with Crippen LogP contribution in [0.1, 0.15) is 5.56 Å². The van der Waals surface area contributed by atoms with Crippen molar-refractivity contribution < 1.29 is 26.7 Å². The first kappa shape index (κ1) is 18.3. The molecular weight excluding hydrogens is 352 g/mol. The number of benzene rings is 1. The molecule has 3 nitrogen and oxygen atoms in total. The molecule has 1 aromatic carbocycles. The van der Waals surface area contributed by atoms with Crippen molar-refractivity contribution in [2.75, 3.05) is 6.26 Å². The van der Waals surface area contributed by atoms with Crippen molar-refractivity contribution in [2.24, 2.45) is 0 Å². The van der Waals surface area contributed by atoms with Crippen LogP contribution in [0.4, 0.5) is 13.2 Å². The Bertz CT molecular complexity index is 642. The van der Waals surface area contributed by atoms with Gasteiger partial charge in [-0.25, -0.2) is 8.42 Å². The van der Waals surface area contributed by atoms with E-state index in [9.17, 15) is 26.7 Å². The van der Waals surface area contributed by atoms with Crippen molar-refractivity contribution in [1.29, 1.82) is 0 Å². The van der Waals surface area contributed by atoms with Gasteiger partial charge in [-0.3, -0.25) is 0 Å². The molecule has 0 radical (unpaired) electrons. The van der Waals surface area contributed by atoms with E-state index in [0.717, 1.165) is 12.2 Å². The molecule has 21 heavy (non-hydrogen) atoms. The van der Waals surface area contributed by atoms with Crippen LogP contribution < -0.4 is 0 Å². The highest BCUT2D eigenvalue weighted by Crippen LogP contribution is 2.29. The second-order valence-electron chi connectivity index (χ2n) is 4.31. The van der Waals surface area contributed by atoms with Gasteiger partial charge >= 0.3 is 6.18 Å². The summed E-state index contributed by atoms with van der Waals surface area (Å²) >= 11 is 11.4. The van der Waals surface area contributed by atoms with E-state index in [4.69, 9.17) is 23.2 Å². The van der Waals surface area contributed by atoms with E-state index in [1.54, 1.807) is 0 Å². The molecule has 0 aromatic heterocycles. The van der Waals surface area contributed by atoms with Crippen molar-refractivity contribution in [2.45, 2.75) is 17.5 Å². The van der Waals surface area contributed by atoms with Crippen molar-refractivity contribution in [1.82, 2.24) is 0 Å². The zero-order valence-electron chi connectivity index (χ0n) is 10.6. The first-order valence-corrected chi connectivity index (χ1v) is 8.21. The quantitative estimate of drug-likeness (QED) is 0.893. The number of halogens is 5. The third-order valence-corrected chi connectivity index (χ3v) is 4.73. The zero-order chi connectivity index (χ0) is 16.4. The summed E-state index contributed by atoms with van der Waals surface area (Å²) in [6.45, 7) is 0. The van der Waals surface area contributed by atoms with E-state index >= 15 is 0 Å². The van der Waals surface area contributed by atoms with Gasteiger partial charge in [-0.05, 0) is 17.7 Å². The summed E-state index contributed by atoms with van der Waals surface area (Å²) in [4.78, 5) is 0. The highest BCUT2D eigenvalue weighted by Gasteiger charge is 2.50. The van der Waals surface area contributed by atoms with Crippen LogP contribution in [0.5, 0.6) is 0 Å². The second-order valence-corrected chi connectivity index (χ2v) is 7.30.